The summed E-state index contributed by atoms with van der Waals surface area (Å²) >= 11 is 1.21. The Morgan fingerprint density at radius 1 is 1.63 bits per heavy atom. The lowest BCUT2D eigenvalue weighted by Gasteiger charge is -2.20. The van der Waals surface area contributed by atoms with Crippen molar-refractivity contribution in [2.24, 2.45) is 0 Å². The van der Waals surface area contributed by atoms with Crippen molar-refractivity contribution in [3.05, 3.63) is 28.2 Å². The molecule has 1 aromatic heterocycles. The molecule has 2 N–H and O–H groups in total. The average Bonchev–Trinajstić information content (AvgIpc) is 2.77. The SMILES string of the molecule is C=C(C)CN(C)C(=O)NC(C)c1nc(C(=O)O)cs1. The zero-order valence-corrected chi connectivity index (χ0v) is 12.0. The van der Waals surface area contributed by atoms with Gasteiger partial charge in [0.1, 0.15) is 5.01 Å². The zero-order chi connectivity index (χ0) is 14.6. The van der Waals surface area contributed by atoms with E-state index in [-0.39, 0.29) is 17.8 Å². The van der Waals surface area contributed by atoms with Crippen LogP contribution in [0.15, 0.2) is 17.5 Å². The van der Waals surface area contributed by atoms with E-state index in [0.29, 0.717) is 11.6 Å². The molecule has 1 heterocycles. The van der Waals surface area contributed by atoms with Gasteiger partial charge in [0.05, 0.1) is 6.04 Å². The summed E-state index contributed by atoms with van der Waals surface area (Å²) in [6.07, 6.45) is 0. The van der Waals surface area contributed by atoms with Crippen molar-refractivity contribution in [2.75, 3.05) is 13.6 Å². The molecule has 0 bridgehead atoms. The van der Waals surface area contributed by atoms with E-state index in [0.717, 1.165) is 5.57 Å². The first kappa shape index (κ1) is 15.2. The highest BCUT2D eigenvalue weighted by molar-refractivity contribution is 7.09. The molecule has 0 saturated carbocycles. The molecule has 19 heavy (non-hydrogen) atoms. The fourth-order valence-corrected chi connectivity index (χ4v) is 2.22. The van der Waals surface area contributed by atoms with Crippen molar-refractivity contribution in [1.82, 2.24) is 15.2 Å². The van der Waals surface area contributed by atoms with Crippen molar-refractivity contribution in [3.63, 3.8) is 0 Å². The third-order valence-electron chi connectivity index (χ3n) is 2.31. The third-order valence-corrected chi connectivity index (χ3v) is 3.33. The van der Waals surface area contributed by atoms with Crippen molar-refractivity contribution < 1.29 is 14.7 Å². The number of likely N-dealkylation sites (N-methyl/N-ethyl adjacent to an activating group) is 1. The second-order valence-electron chi connectivity index (χ2n) is 4.36. The Labute approximate surface area is 115 Å². The highest BCUT2D eigenvalue weighted by Crippen LogP contribution is 2.18. The molecule has 0 aromatic carbocycles. The van der Waals surface area contributed by atoms with Gasteiger partial charge in [-0.25, -0.2) is 14.6 Å². The van der Waals surface area contributed by atoms with Crippen LogP contribution in [0, 0.1) is 0 Å². The predicted molar refractivity (Wildman–Crippen MR) is 73.5 cm³/mol. The number of nitrogens with zero attached hydrogens (tertiary/aromatic N) is 2. The topological polar surface area (TPSA) is 82.5 Å². The number of aromatic nitrogens is 1. The van der Waals surface area contributed by atoms with Gasteiger partial charge in [-0.05, 0) is 13.8 Å². The van der Waals surface area contributed by atoms with E-state index >= 15 is 0 Å². The Kier molecular flexibility index (Phi) is 5.05. The summed E-state index contributed by atoms with van der Waals surface area (Å²) in [4.78, 5) is 28.0. The largest absolute Gasteiger partial charge is 0.476 e. The van der Waals surface area contributed by atoms with Gasteiger partial charge in [0.25, 0.3) is 0 Å². The highest BCUT2D eigenvalue weighted by Gasteiger charge is 2.17. The van der Waals surface area contributed by atoms with Gasteiger partial charge in [0, 0.05) is 19.0 Å². The Morgan fingerprint density at radius 2 is 2.26 bits per heavy atom. The van der Waals surface area contributed by atoms with Crippen LogP contribution < -0.4 is 5.32 Å². The Bertz CT molecular complexity index is 498. The minimum absolute atomic E-state index is 0.00334. The van der Waals surface area contributed by atoms with Crippen molar-refractivity contribution in [2.45, 2.75) is 19.9 Å². The molecule has 1 atom stereocenters. The van der Waals surface area contributed by atoms with Crippen LogP contribution in [0.3, 0.4) is 0 Å². The number of carboxylic acids is 1. The summed E-state index contributed by atoms with van der Waals surface area (Å²) in [5.74, 6) is -1.07. The number of carbonyl (C=O) groups is 2. The number of amides is 2. The number of hydrogen-bond donors (Lipinski definition) is 2. The van der Waals surface area contributed by atoms with Crippen LogP contribution in [-0.4, -0.2) is 40.6 Å². The van der Waals surface area contributed by atoms with E-state index in [1.54, 1.807) is 14.0 Å². The first-order valence-corrected chi connectivity index (χ1v) is 6.54. The molecule has 6 nitrogen and oxygen atoms in total. The number of carbonyl (C=O) groups excluding carboxylic acids is 1. The van der Waals surface area contributed by atoms with Gasteiger partial charge in [-0.15, -0.1) is 11.3 Å². The quantitative estimate of drug-likeness (QED) is 0.811. The Balaban J connectivity index is 2.63. The van der Waals surface area contributed by atoms with Gasteiger partial charge in [0.2, 0.25) is 0 Å². The summed E-state index contributed by atoms with van der Waals surface area (Å²) in [5, 5.41) is 13.6. The summed E-state index contributed by atoms with van der Waals surface area (Å²) in [5.41, 5.74) is 0.879. The molecule has 1 unspecified atom stereocenters. The molecule has 0 aliphatic rings. The van der Waals surface area contributed by atoms with E-state index in [4.69, 9.17) is 5.11 Å². The van der Waals surface area contributed by atoms with Crippen molar-refractivity contribution in [1.29, 1.82) is 0 Å². The molecule has 0 aliphatic carbocycles. The van der Waals surface area contributed by atoms with Gasteiger partial charge in [-0.3, -0.25) is 0 Å². The van der Waals surface area contributed by atoms with E-state index in [1.807, 2.05) is 6.92 Å². The molecule has 0 spiro atoms. The molecule has 0 radical (unpaired) electrons. The maximum Gasteiger partial charge on any atom is 0.355 e. The Morgan fingerprint density at radius 3 is 2.74 bits per heavy atom. The summed E-state index contributed by atoms with van der Waals surface area (Å²) < 4.78 is 0. The monoisotopic (exact) mass is 283 g/mol. The number of aromatic carboxylic acids is 1. The molecule has 1 aromatic rings. The van der Waals surface area contributed by atoms with Crippen LogP contribution in [0.2, 0.25) is 0 Å². The fourth-order valence-electron chi connectivity index (χ4n) is 1.42. The average molecular weight is 283 g/mol. The van der Waals surface area contributed by atoms with Gasteiger partial charge in [0.15, 0.2) is 5.69 Å². The predicted octanol–water partition coefficient (Wildman–Crippen LogP) is 2.12. The van der Waals surface area contributed by atoms with Gasteiger partial charge >= 0.3 is 12.0 Å². The van der Waals surface area contributed by atoms with Crippen molar-refractivity contribution in [3.8, 4) is 0 Å². The lowest BCUT2D eigenvalue weighted by Crippen LogP contribution is -2.39. The van der Waals surface area contributed by atoms with Gasteiger partial charge in [-0.1, -0.05) is 12.2 Å². The molecule has 104 valence electrons. The fraction of sp³-hybridized carbons (Fsp3) is 0.417. The summed E-state index contributed by atoms with van der Waals surface area (Å²) in [6, 6.07) is -0.583. The second kappa shape index (κ2) is 6.33. The maximum atomic E-state index is 11.8. The smallest absolute Gasteiger partial charge is 0.355 e. The molecule has 0 aliphatic heterocycles. The van der Waals surface area contributed by atoms with Crippen LogP contribution in [0.25, 0.3) is 0 Å². The van der Waals surface area contributed by atoms with E-state index < -0.39 is 5.97 Å². The zero-order valence-electron chi connectivity index (χ0n) is 11.1. The van der Waals surface area contributed by atoms with Crippen LogP contribution in [-0.2, 0) is 0 Å². The van der Waals surface area contributed by atoms with Crippen LogP contribution >= 0.6 is 11.3 Å². The second-order valence-corrected chi connectivity index (χ2v) is 5.25. The van der Waals surface area contributed by atoms with Crippen LogP contribution in [0.1, 0.15) is 35.4 Å². The van der Waals surface area contributed by atoms with E-state index in [2.05, 4.69) is 16.9 Å². The normalized spacial score (nSPS) is 11.7. The first-order valence-electron chi connectivity index (χ1n) is 5.66. The number of hydrogen-bond acceptors (Lipinski definition) is 4. The molecular formula is C12H17N3O3S. The first-order chi connectivity index (χ1) is 8.81. The van der Waals surface area contributed by atoms with Gasteiger partial charge < -0.3 is 15.3 Å². The minimum Gasteiger partial charge on any atom is -0.476 e. The number of urea groups is 1. The maximum absolute atomic E-state index is 11.8. The summed E-state index contributed by atoms with van der Waals surface area (Å²) in [7, 11) is 1.67. The molecule has 0 saturated heterocycles. The number of thiazole rings is 1. The lowest BCUT2D eigenvalue weighted by atomic mass is 10.3. The van der Waals surface area contributed by atoms with Crippen molar-refractivity contribution >= 4 is 23.3 Å². The molecule has 0 fully saturated rings. The number of rotatable bonds is 5. The molecule has 7 heteroatoms. The Hall–Kier alpha value is -1.89. The van der Waals surface area contributed by atoms with E-state index in [9.17, 15) is 9.59 Å². The molecule has 2 amide bonds. The standard InChI is InChI=1S/C12H17N3O3S/c1-7(2)5-15(4)12(18)13-8(3)10-14-9(6-19-10)11(16)17/h6,8H,1,5H2,2-4H3,(H,13,18)(H,16,17). The highest BCUT2D eigenvalue weighted by atomic mass is 32.1. The van der Waals surface area contributed by atoms with E-state index in [1.165, 1.54) is 21.6 Å². The number of nitrogens with one attached hydrogen (secondary N) is 1. The summed E-state index contributed by atoms with van der Waals surface area (Å²) in [6.45, 7) is 7.81. The lowest BCUT2D eigenvalue weighted by molar-refractivity contribution is 0.0691. The minimum atomic E-state index is -1.07. The third kappa shape index (κ3) is 4.36. The van der Waals surface area contributed by atoms with Gasteiger partial charge in [-0.2, -0.15) is 0 Å². The molecule has 1 rings (SSSR count). The van der Waals surface area contributed by atoms with Crippen LogP contribution in [0.4, 0.5) is 4.79 Å². The van der Waals surface area contributed by atoms with Crippen LogP contribution in [0.5, 0.6) is 0 Å². The number of carboxylic acid groups (broad SMARTS) is 1. The molecular weight excluding hydrogens is 266 g/mol.